The van der Waals surface area contributed by atoms with Gasteiger partial charge in [-0.1, -0.05) is 12.2 Å². The molecule has 0 radical (unpaired) electrons. The summed E-state index contributed by atoms with van der Waals surface area (Å²) in [7, 11) is -3.05. The second-order valence-electron chi connectivity index (χ2n) is 4.73. The van der Waals surface area contributed by atoms with Crippen molar-refractivity contribution in [1.29, 1.82) is 0 Å². The summed E-state index contributed by atoms with van der Waals surface area (Å²) in [5.74, 6) is -0.0349. The molecule has 9 heteroatoms. The summed E-state index contributed by atoms with van der Waals surface area (Å²) in [6.45, 7) is 0.481. The molecule has 1 aromatic carbocycles. The van der Waals surface area contributed by atoms with E-state index in [1.807, 2.05) is 0 Å². The van der Waals surface area contributed by atoms with E-state index in [0.717, 1.165) is 6.07 Å². The zero-order valence-corrected chi connectivity index (χ0v) is 12.5. The lowest BCUT2D eigenvalue weighted by Gasteiger charge is -2.29. The highest BCUT2D eigenvalue weighted by molar-refractivity contribution is 7.91. The van der Waals surface area contributed by atoms with Crippen molar-refractivity contribution in [2.45, 2.75) is 6.18 Å². The van der Waals surface area contributed by atoms with Crippen LogP contribution in [0.15, 0.2) is 18.2 Å². The van der Waals surface area contributed by atoms with Crippen LogP contribution < -0.4 is 10.6 Å². The van der Waals surface area contributed by atoms with Gasteiger partial charge in [-0.3, -0.25) is 0 Å². The van der Waals surface area contributed by atoms with Crippen molar-refractivity contribution >= 4 is 32.7 Å². The van der Waals surface area contributed by atoms with Gasteiger partial charge in [0.2, 0.25) is 0 Å². The average Bonchev–Trinajstić information content (AvgIpc) is 2.37. The summed E-state index contributed by atoms with van der Waals surface area (Å²) in [5.41, 5.74) is 4.72. The Morgan fingerprint density at radius 1 is 1.24 bits per heavy atom. The predicted octanol–water partition coefficient (Wildman–Crippen LogP) is 1.57. The van der Waals surface area contributed by atoms with E-state index in [9.17, 15) is 21.6 Å². The second-order valence-corrected chi connectivity index (χ2v) is 7.47. The molecule has 0 unspecified atom stereocenters. The molecule has 1 aliphatic rings. The largest absolute Gasteiger partial charge is 0.417 e. The van der Waals surface area contributed by atoms with Crippen LogP contribution in [0.3, 0.4) is 0 Å². The zero-order valence-electron chi connectivity index (χ0n) is 10.9. The molecule has 0 bridgehead atoms. The van der Waals surface area contributed by atoms with E-state index in [0.29, 0.717) is 5.69 Å². The van der Waals surface area contributed by atoms with E-state index in [-0.39, 0.29) is 35.1 Å². The molecule has 2 N–H and O–H groups in total. The number of thiocarbonyl (C=S) groups is 1. The SMILES string of the molecule is NC(=S)c1cc(N2CCS(=O)(=O)CC2)ccc1C(F)(F)F. The van der Waals surface area contributed by atoms with Crippen molar-refractivity contribution in [3.8, 4) is 0 Å². The van der Waals surface area contributed by atoms with Gasteiger partial charge in [0.05, 0.1) is 17.1 Å². The number of sulfone groups is 1. The summed E-state index contributed by atoms with van der Waals surface area (Å²) >= 11 is 4.68. The fourth-order valence-electron chi connectivity index (χ4n) is 2.15. The first-order valence-corrected chi connectivity index (χ1v) is 8.29. The highest BCUT2D eigenvalue weighted by Gasteiger charge is 2.34. The van der Waals surface area contributed by atoms with Crippen LogP contribution in [-0.4, -0.2) is 38.0 Å². The summed E-state index contributed by atoms with van der Waals surface area (Å²) in [5, 5.41) is 0. The molecule has 116 valence electrons. The van der Waals surface area contributed by atoms with Crippen LogP contribution in [0.25, 0.3) is 0 Å². The molecule has 1 fully saturated rings. The van der Waals surface area contributed by atoms with Crippen LogP contribution in [0.5, 0.6) is 0 Å². The third-order valence-electron chi connectivity index (χ3n) is 3.28. The van der Waals surface area contributed by atoms with Crippen LogP contribution in [-0.2, 0) is 16.0 Å². The Hall–Kier alpha value is -1.35. The predicted molar refractivity (Wildman–Crippen MR) is 78.2 cm³/mol. The smallest absolute Gasteiger partial charge is 0.389 e. The first-order valence-electron chi connectivity index (χ1n) is 6.06. The molecule has 0 amide bonds. The first kappa shape index (κ1) is 16.0. The molecule has 0 aliphatic carbocycles. The van der Waals surface area contributed by atoms with Crippen molar-refractivity contribution in [1.82, 2.24) is 0 Å². The minimum Gasteiger partial charge on any atom is -0.389 e. The fraction of sp³-hybridized carbons (Fsp3) is 0.417. The van der Waals surface area contributed by atoms with E-state index in [4.69, 9.17) is 5.73 Å². The minimum atomic E-state index is -4.54. The number of halogens is 3. The third kappa shape index (κ3) is 3.65. The molecule has 1 saturated heterocycles. The number of rotatable bonds is 2. The first-order chi connectivity index (χ1) is 9.60. The van der Waals surface area contributed by atoms with Gasteiger partial charge in [-0.15, -0.1) is 0 Å². The molecule has 0 saturated carbocycles. The Kier molecular flexibility index (Phi) is 4.16. The van der Waals surface area contributed by atoms with Gasteiger partial charge in [-0.25, -0.2) is 8.42 Å². The van der Waals surface area contributed by atoms with E-state index in [1.54, 1.807) is 4.90 Å². The molecule has 4 nitrogen and oxygen atoms in total. The summed E-state index contributed by atoms with van der Waals surface area (Å²) in [6.07, 6.45) is -4.54. The van der Waals surface area contributed by atoms with Crippen molar-refractivity contribution in [3.63, 3.8) is 0 Å². The van der Waals surface area contributed by atoms with Crippen molar-refractivity contribution < 1.29 is 21.6 Å². The Balaban J connectivity index is 2.35. The quantitative estimate of drug-likeness (QED) is 0.830. The molecular weight excluding hydrogens is 325 g/mol. The summed E-state index contributed by atoms with van der Waals surface area (Å²) < 4.78 is 61.4. The minimum absolute atomic E-state index is 0.0174. The number of hydrogen-bond donors (Lipinski definition) is 1. The number of nitrogens with zero attached hydrogens (tertiary/aromatic N) is 1. The van der Waals surface area contributed by atoms with Gasteiger partial charge in [0.25, 0.3) is 0 Å². The standard InChI is InChI=1S/C12H13F3N2O2S2/c13-12(14,15)10-2-1-8(7-9(10)11(16)20)17-3-5-21(18,19)6-4-17/h1-2,7H,3-6H2,(H2,16,20). The Bertz CT molecular complexity index is 658. The van der Waals surface area contributed by atoms with E-state index in [1.165, 1.54) is 12.1 Å². The molecule has 0 spiro atoms. The van der Waals surface area contributed by atoms with Gasteiger partial charge in [0.1, 0.15) is 4.99 Å². The maximum absolute atomic E-state index is 12.9. The van der Waals surface area contributed by atoms with Gasteiger partial charge in [-0.05, 0) is 18.2 Å². The van der Waals surface area contributed by atoms with E-state index >= 15 is 0 Å². The summed E-state index contributed by atoms with van der Waals surface area (Å²) in [4.78, 5) is 1.37. The van der Waals surface area contributed by atoms with Crippen LogP contribution in [0.1, 0.15) is 11.1 Å². The third-order valence-corrected chi connectivity index (χ3v) is 5.11. The second kappa shape index (κ2) is 5.45. The van der Waals surface area contributed by atoms with Crippen molar-refractivity contribution in [2.75, 3.05) is 29.5 Å². The van der Waals surface area contributed by atoms with Crippen LogP contribution in [0.2, 0.25) is 0 Å². The zero-order chi connectivity index (χ0) is 15.8. The number of alkyl halides is 3. The molecule has 21 heavy (non-hydrogen) atoms. The fourth-order valence-corrected chi connectivity index (χ4v) is 3.52. The van der Waals surface area contributed by atoms with Crippen LogP contribution in [0.4, 0.5) is 18.9 Å². The summed E-state index contributed by atoms with van der Waals surface area (Å²) in [6, 6.07) is 3.50. The Morgan fingerprint density at radius 2 is 1.81 bits per heavy atom. The number of hydrogen-bond acceptors (Lipinski definition) is 4. The van der Waals surface area contributed by atoms with Gasteiger partial charge in [0, 0.05) is 24.3 Å². The molecule has 2 rings (SSSR count). The van der Waals surface area contributed by atoms with Gasteiger partial charge >= 0.3 is 6.18 Å². The molecule has 1 aromatic rings. The normalized spacial score (nSPS) is 18.5. The van der Waals surface area contributed by atoms with Crippen LogP contribution in [0, 0.1) is 0 Å². The number of anilines is 1. The molecule has 0 atom stereocenters. The lowest BCUT2D eigenvalue weighted by atomic mass is 10.1. The van der Waals surface area contributed by atoms with Crippen molar-refractivity contribution in [2.24, 2.45) is 5.73 Å². The van der Waals surface area contributed by atoms with Gasteiger partial charge in [0.15, 0.2) is 9.84 Å². The van der Waals surface area contributed by atoms with Crippen LogP contribution >= 0.6 is 12.2 Å². The molecule has 1 aliphatic heterocycles. The lowest BCUT2D eigenvalue weighted by Crippen LogP contribution is -2.40. The van der Waals surface area contributed by atoms with Crippen molar-refractivity contribution in [3.05, 3.63) is 29.3 Å². The lowest BCUT2D eigenvalue weighted by molar-refractivity contribution is -0.137. The van der Waals surface area contributed by atoms with Gasteiger partial charge < -0.3 is 10.6 Å². The number of benzene rings is 1. The molecule has 1 heterocycles. The molecular formula is C12H13F3N2O2S2. The maximum Gasteiger partial charge on any atom is 0.417 e. The highest BCUT2D eigenvalue weighted by Crippen LogP contribution is 2.34. The Labute approximate surface area is 125 Å². The number of nitrogens with two attached hydrogens (primary N) is 1. The maximum atomic E-state index is 12.9. The van der Waals surface area contributed by atoms with E-state index in [2.05, 4.69) is 12.2 Å². The highest BCUT2D eigenvalue weighted by atomic mass is 32.2. The Morgan fingerprint density at radius 3 is 2.29 bits per heavy atom. The van der Waals surface area contributed by atoms with E-state index < -0.39 is 21.6 Å². The topological polar surface area (TPSA) is 63.4 Å². The van der Waals surface area contributed by atoms with Gasteiger partial charge in [-0.2, -0.15) is 13.2 Å². The monoisotopic (exact) mass is 338 g/mol. The molecule has 0 aromatic heterocycles. The average molecular weight is 338 g/mol.